The lowest BCUT2D eigenvalue weighted by Gasteiger charge is -2.38. The average molecular weight is 285 g/mol. The lowest BCUT2D eigenvalue weighted by atomic mass is 9.89. The molecule has 3 rings (SSSR count). The molecule has 1 aromatic carbocycles. The van der Waals surface area contributed by atoms with Gasteiger partial charge in [-0.2, -0.15) is 5.10 Å². The summed E-state index contributed by atoms with van der Waals surface area (Å²) in [7, 11) is 1.99. The van der Waals surface area contributed by atoms with Crippen LogP contribution in [0.25, 0.3) is 0 Å². The van der Waals surface area contributed by atoms with Gasteiger partial charge in [-0.15, -0.1) is 0 Å². The summed E-state index contributed by atoms with van der Waals surface area (Å²) in [4.78, 5) is 0. The number of fused-ring (bicyclic) bond motifs is 1. The first kappa shape index (κ1) is 14.1. The minimum Gasteiger partial charge on any atom is -0.487 e. The largest absolute Gasteiger partial charge is 0.487 e. The number of benzene rings is 1. The molecule has 21 heavy (non-hydrogen) atoms. The van der Waals surface area contributed by atoms with Crippen LogP contribution >= 0.6 is 0 Å². The van der Waals surface area contributed by atoms with E-state index >= 15 is 0 Å². The zero-order valence-electron chi connectivity index (χ0n) is 13.0. The molecule has 0 amide bonds. The molecule has 1 aliphatic heterocycles. The van der Waals surface area contributed by atoms with Crippen LogP contribution in [0.15, 0.2) is 36.5 Å². The van der Waals surface area contributed by atoms with Gasteiger partial charge in [-0.25, -0.2) is 0 Å². The number of nitrogens with zero attached hydrogens (tertiary/aromatic N) is 2. The van der Waals surface area contributed by atoms with E-state index < -0.39 is 0 Å². The van der Waals surface area contributed by atoms with Gasteiger partial charge in [0.05, 0.1) is 0 Å². The van der Waals surface area contributed by atoms with Crippen molar-refractivity contribution < 1.29 is 4.74 Å². The topological polar surface area (TPSA) is 39.1 Å². The van der Waals surface area contributed by atoms with Crippen molar-refractivity contribution in [2.24, 2.45) is 7.05 Å². The summed E-state index contributed by atoms with van der Waals surface area (Å²) in [6.07, 6.45) is 3.81. The number of nitrogens with one attached hydrogen (secondary N) is 1. The summed E-state index contributed by atoms with van der Waals surface area (Å²) in [5, 5.41) is 7.89. The maximum absolute atomic E-state index is 6.07. The third-order valence-electron chi connectivity index (χ3n) is 4.07. The molecule has 2 aromatic rings. The zero-order valence-corrected chi connectivity index (χ0v) is 13.0. The van der Waals surface area contributed by atoms with E-state index in [4.69, 9.17) is 4.74 Å². The Morgan fingerprint density at radius 2 is 2.14 bits per heavy atom. The molecule has 0 aliphatic carbocycles. The van der Waals surface area contributed by atoms with Crippen LogP contribution in [0.3, 0.4) is 0 Å². The number of para-hydroxylation sites is 1. The van der Waals surface area contributed by atoms with Gasteiger partial charge in [0.1, 0.15) is 11.4 Å². The van der Waals surface area contributed by atoms with Gasteiger partial charge in [0.15, 0.2) is 0 Å². The van der Waals surface area contributed by atoms with Crippen LogP contribution in [0.2, 0.25) is 0 Å². The lowest BCUT2D eigenvalue weighted by molar-refractivity contribution is 0.0662. The number of aromatic nitrogens is 2. The Hall–Kier alpha value is -1.81. The predicted octanol–water partition coefficient (Wildman–Crippen LogP) is 2.85. The molecular formula is C17H23N3O. The van der Waals surface area contributed by atoms with E-state index in [9.17, 15) is 0 Å². The highest BCUT2D eigenvalue weighted by Crippen LogP contribution is 2.39. The highest BCUT2D eigenvalue weighted by atomic mass is 16.5. The second-order valence-electron chi connectivity index (χ2n) is 6.31. The van der Waals surface area contributed by atoms with Crippen molar-refractivity contribution in [1.29, 1.82) is 0 Å². The summed E-state index contributed by atoms with van der Waals surface area (Å²) in [5.41, 5.74) is 2.39. The molecule has 112 valence electrons. The Bertz CT molecular complexity index is 618. The first-order chi connectivity index (χ1) is 10.1. The molecule has 0 saturated carbocycles. The van der Waals surface area contributed by atoms with Crippen molar-refractivity contribution in [3.8, 4) is 5.75 Å². The van der Waals surface area contributed by atoms with E-state index in [1.807, 2.05) is 24.0 Å². The van der Waals surface area contributed by atoms with Crippen molar-refractivity contribution in [3.05, 3.63) is 47.8 Å². The lowest BCUT2D eigenvalue weighted by Crippen LogP contribution is -2.40. The minimum absolute atomic E-state index is 0.126. The van der Waals surface area contributed by atoms with Gasteiger partial charge >= 0.3 is 0 Å². The number of aryl methyl sites for hydroxylation is 1. The molecule has 2 heterocycles. The molecule has 0 fully saturated rings. The highest BCUT2D eigenvalue weighted by Gasteiger charge is 2.33. The van der Waals surface area contributed by atoms with Gasteiger partial charge in [-0.1, -0.05) is 18.2 Å². The van der Waals surface area contributed by atoms with Crippen LogP contribution < -0.4 is 10.1 Å². The Morgan fingerprint density at radius 3 is 2.90 bits per heavy atom. The standard InChI is InChI=1S/C17H23N3O/c1-17(2)12-15(14-6-4-5-7-16(14)21-17)18-10-8-13-9-11-19-20(13)3/h4-7,9,11,15,18H,8,10,12H2,1-3H3. The van der Waals surface area contributed by atoms with Gasteiger partial charge < -0.3 is 10.1 Å². The molecule has 1 atom stereocenters. The van der Waals surface area contributed by atoms with Gasteiger partial charge in [-0.3, -0.25) is 4.68 Å². The van der Waals surface area contributed by atoms with Gasteiger partial charge in [0.2, 0.25) is 0 Å². The smallest absolute Gasteiger partial charge is 0.124 e. The predicted molar refractivity (Wildman–Crippen MR) is 83.4 cm³/mol. The summed E-state index contributed by atoms with van der Waals surface area (Å²) in [6.45, 7) is 5.24. The molecule has 4 nitrogen and oxygen atoms in total. The third-order valence-corrected chi connectivity index (χ3v) is 4.07. The van der Waals surface area contributed by atoms with E-state index in [1.54, 1.807) is 0 Å². The average Bonchev–Trinajstić information content (AvgIpc) is 2.83. The second-order valence-corrected chi connectivity index (χ2v) is 6.31. The van der Waals surface area contributed by atoms with Crippen molar-refractivity contribution in [3.63, 3.8) is 0 Å². The molecule has 0 saturated heterocycles. The molecule has 1 aromatic heterocycles. The van der Waals surface area contributed by atoms with E-state index in [2.05, 4.69) is 48.5 Å². The number of rotatable bonds is 4. The zero-order chi connectivity index (χ0) is 14.9. The van der Waals surface area contributed by atoms with Crippen molar-refractivity contribution in [2.75, 3.05) is 6.54 Å². The van der Waals surface area contributed by atoms with E-state index in [1.165, 1.54) is 11.3 Å². The maximum atomic E-state index is 6.07. The van der Waals surface area contributed by atoms with Crippen LogP contribution in [0.1, 0.15) is 37.6 Å². The summed E-state index contributed by atoms with van der Waals surface area (Å²) < 4.78 is 8.00. The fourth-order valence-corrected chi connectivity index (χ4v) is 3.01. The van der Waals surface area contributed by atoms with Crippen LogP contribution in [-0.2, 0) is 13.5 Å². The highest BCUT2D eigenvalue weighted by molar-refractivity contribution is 5.38. The number of hydrogen-bond acceptors (Lipinski definition) is 3. The van der Waals surface area contributed by atoms with Crippen LogP contribution in [-0.4, -0.2) is 21.9 Å². The monoisotopic (exact) mass is 285 g/mol. The molecule has 0 radical (unpaired) electrons. The van der Waals surface area contributed by atoms with Gasteiger partial charge in [-0.05, 0) is 26.0 Å². The molecule has 1 aliphatic rings. The van der Waals surface area contributed by atoms with Gasteiger partial charge in [0, 0.05) is 49.9 Å². The van der Waals surface area contributed by atoms with Gasteiger partial charge in [0.25, 0.3) is 0 Å². The Morgan fingerprint density at radius 1 is 1.33 bits per heavy atom. The SMILES string of the molecule is Cn1nccc1CCNC1CC(C)(C)Oc2ccccc21. The Balaban J connectivity index is 1.69. The third kappa shape index (κ3) is 3.10. The molecular weight excluding hydrogens is 262 g/mol. The Labute approximate surface area is 126 Å². The second kappa shape index (κ2) is 5.53. The Kier molecular flexibility index (Phi) is 3.72. The maximum Gasteiger partial charge on any atom is 0.124 e. The van der Waals surface area contributed by atoms with Crippen LogP contribution in [0.4, 0.5) is 0 Å². The fourth-order valence-electron chi connectivity index (χ4n) is 3.01. The quantitative estimate of drug-likeness (QED) is 0.939. The normalized spacial score (nSPS) is 19.9. The van der Waals surface area contributed by atoms with Crippen molar-refractivity contribution >= 4 is 0 Å². The van der Waals surface area contributed by atoms with Crippen LogP contribution in [0, 0.1) is 0 Å². The fraction of sp³-hybridized carbons (Fsp3) is 0.471. The first-order valence-electron chi connectivity index (χ1n) is 7.53. The van der Waals surface area contributed by atoms with E-state index in [0.717, 1.165) is 25.1 Å². The molecule has 1 unspecified atom stereocenters. The summed E-state index contributed by atoms with van der Waals surface area (Å²) >= 11 is 0. The van der Waals surface area contributed by atoms with Crippen LogP contribution in [0.5, 0.6) is 5.75 Å². The van der Waals surface area contributed by atoms with E-state index in [0.29, 0.717) is 6.04 Å². The molecule has 1 N–H and O–H groups in total. The number of ether oxygens (including phenoxy) is 1. The minimum atomic E-state index is -0.126. The molecule has 4 heteroatoms. The van der Waals surface area contributed by atoms with Crippen molar-refractivity contribution in [2.45, 2.75) is 38.3 Å². The van der Waals surface area contributed by atoms with E-state index in [-0.39, 0.29) is 5.60 Å². The summed E-state index contributed by atoms with van der Waals surface area (Å²) in [5.74, 6) is 1.01. The molecule has 0 spiro atoms. The number of hydrogen-bond donors (Lipinski definition) is 1. The molecule has 0 bridgehead atoms. The first-order valence-corrected chi connectivity index (χ1v) is 7.53. The van der Waals surface area contributed by atoms with Crippen molar-refractivity contribution in [1.82, 2.24) is 15.1 Å². The summed E-state index contributed by atoms with van der Waals surface area (Å²) in [6, 6.07) is 10.8.